The van der Waals surface area contributed by atoms with E-state index >= 15 is 0 Å². The molecule has 0 aliphatic heterocycles. The third-order valence-corrected chi connectivity index (χ3v) is 3.99. The van der Waals surface area contributed by atoms with Crippen molar-refractivity contribution in [3.63, 3.8) is 0 Å². The van der Waals surface area contributed by atoms with Gasteiger partial charge in [0.1, 0.15) is 11.6 Å². The van der Waals surface area contributed by atoms with Gasteiger partial charge in [0.15, 0.2) is 0 Å². The summed E-state index contributed by atoms with van der Waals surface area (Å²) in [6, 6.07) is 2.40. The van der Waals surface area contributed by atoms with E-state index in [4.69, 9.17) is 0 Å². The van der Waals surface area contributed by atoms with Gasteiger partial charge in [-0.25, -0.2) is 8.78 Å². The van der Waals surface area contributed by atoms with Gasteiger partial charge in [-0.3, -0.25) is 0 Å². The Bertz CT molecular complexity index is 534. The van der Waals surface area contributed by atoms with Gasteiger partial charge < -0.3 is 5.32 Å². The fourth-order valence-corrected chi connectivity index (χ4v) is 3.30. The first-order chi connectivity index (χ1) is 8.17. The summed E-state index contributed by atoms with van der Waals surface area (Å²) in [5, 5.41) is 3.81. The van der Waals surface area contributed by atoms with Crippen LogP contribution >= 0.6 is 11.3 Å². The van der Waals surface area contributed by atoms with E-state index in [1.165, 1.54) is 17.4 Å². The van der Waals surface area contributed by atoms with Gasteiger partial charge in [0.05, 0.1) is 4.70 Å². The van der Waals surface area contributed by atoms with Crippen LogP contribution in [-0.4, -0.2) is 7.05 Å². The minimum Gasteiger partial charge on any atom is -0.315 e. The Hall–Kier alpha value is -1.00. The molecule has 0 spiro atoms. The van der Waals surface area contributed by atoms with Gasteiger partial charge in [-0.2, -0.15) is 0 Å². The van der Waals surface area contributed by atoms with Crippen LogP contribution in [0.5, 0.6) is 0 Å². The average molecular weight is 255 g/mol. The molecule has 1 nitrogen and oxygen atoms in total. The zero-order valence-corrected chi connectivity index (χ0v) is 10.8. The van der Waals surface area contributed by atoms with Gasteiger partial charge in [0.25, 0.3) is 0 Å². The first kappa shape index (κ1) is 12.5. The SMILES string of the molecule is CCCc1c(CNC)sc2c(F)cc(F)cc12. The maximum atomic E-state index is 13.7. The van der Waals surface area contributed by atoms with Crippen molar-refractivity contribution < 1.29 is 8.78 Å². The molecule has 0 bridgehead atoms. The molecule has 0 radical (unpaired) electrons. The highest BCUT2D eigenvalue weighted by molar-refractivity contribution is 7.19. The van der Waals surface area contributed by atoms with Crippen LogP contribution in [-0.2, 0) is 13.0 Å². The van der Waals surface area contributed by atoms with E-state index in [1.807, 2.05) is 7.05 Å². The van der Waals surface area contributed by atoms with Gasteiger partial charge in [-0.1, -0.05) is 13.3 Å². The highest BCUT2D eigenvalue weighted by atomic mass is 32.1. The molecule has 4 heteroatoms. The van der Waals surface area contributed by atoms with E-state index in [1.54, 1.807) is 0 Å². The van der Waals surface area contributed by atoms with Crippen LogP contribution in [0.4, 0.5) is 8.78 Å². The number of thiophene rings is 1. The molecule has 2 aromatic rings. The lowest BCUT2D eigenvalue weighted by molar-refractivity contribution is 0.593. The highest BCUT2D eigenvalue weighted by Gasteiger charge is 2.15. The summed E-state index contributed by atoms with van der Waals surface area (Å²) in [6.07, 6.45) is 1.83. The predicted molar refractivity (Wildman–Crippen MR) is 68.5 cm³/mol. The topological polar surface area (TPSA) is 12.0 Å². The Balaban J connectivity index is 2.66. The zero-order valence-electron chi connectivity index (χ0n) is 9.94. The number of hydrogen-bond donors (Lipinski definition) is 1. The third kappa shape index (κ3) is 2.33. The van der Waals surface area contributed by atoms with Crippen LogP contribution in [0.1, 0.15) is 23.8 Å². The number of benzene rings is 1. The number of hydrogen-bond acceptors (Lipinski definition) is 2. The summed E-state index contributed by atoms with van der Waals surface area (Å²) in [5.74, 6) is -0.953. The Morgan fingerprint density at radius 3 is 2.71 bits per heavy atom. The van der Waals surface area contributed by atoms with Gasteiger partial charge >= 0.3 is 0 Å². The number of nitrogens with one attached hydrogen (secondary N) is 1. The molecule has 0 atom stereocenters. The van der Waals surface area contributed by atoms with E-state index < -0.39 is 11.6 Å². The van der Waals surface area contributed by atoms with Crippen molar-refractivity contribution in [3.8, 4) is 0 Å². The molecule has 1 aromatic carbocycles. The summed E-state index contributed by atoms with van der Waals surface area (Å²) in [4.78, 5) is 1.11. The molecule has 0 aliphatic carbocycles. The van der Waals surface area contributed by atoms with Crippen molar-refractivity contribution in [1.29, 1.82) is 0 Å². The van der Waals surface area contributed by atoms with E-state index in [0.717, 1.165) is 34.7 Å². The fourth-order valence-electron chi connectivity index (χ4n) is 2.05. The van der Waals surface area contributed by atoms with Crippen molar-refractivity contribution in [3.05, 3.63) is 34.2 Å². The van der Waals surface area contributed by atoms with E-state index in [-0.39, 0.29) is 0 Å². The Morgan fingerprint density at radius 2 is 2.06 bits per heavy atom. The molecule has 1 heterocycles. The predicted octanol–water partition coefficient (Wildman–Crippen LogP) is 3.85. The number of halogens is 2. The monoisotopic (exact) mass is 255 g/mol. The molecule has 0 saturated heterocycles. The Morgan fingerprint density at radius 1 is 1.29 bits per heavy atom. The Labute approximate surface area is 103 Å². The van der Waals surface area contributed by atoms with E-state index in [0.29, 0.717) is 11.2 Å². The lowest BCUT2D eigenvalue weighted by atomic mass is 10.1. The van der Waals surface area contributed by atoms with Crippen LogP contribution in [0.3, 0.4) is 0 Å². The second kappa shape index (κ2) is 5.10. The second-order valence-electron chi connectivity index (χ2n) is 4.05. The standard InChI is InChI=1S/C13H15F2NS/c1-3-4-9-10-5-8(14)6-11(15)13(10)17-12(9)7-16-2/h5-6,16H,3-4,7H2,1-2H3. The summed E-state index contributed by atoms with van der Waals surface area (Å²) < 4.78 is 27.5. The van der Waals surface area contributed by atoms with Crippen LogP contribution in [0.2, 0.25) is 0 Å². The molecular weight excluding hydrogens is 240 g/mol. The molecule has 17 heavy (non-hydrogen) atoms. The summed E-state index contributed by atoms with van der Waals surface area (Å²) >= 11 is 1.42. The number of fused-ring (bicyclic) bond motifs is 1. The third-order valence-electron chi connectivity index (χ3n) is 2.73. The summed E-state index contributed by atoms with van der Waals surface area (Å²) in [5.41, 5.74) is 1.08. The second-order valence-corrected chi connectivity index (χ2v) is 5.15. The van der Waals surface area contributed by atoms with Crippen molar-refractivity contribution in [2.24, 2.45) is 0 Å². The molecule has 0 fully saturated rings. The average Bonchev–Trinajstić information content (AvgIpc) is 2.59. The molecule has 0 amide bonds. The number of rotatable bonds is 4. The lowest BCUT2D eigenvalue weighted by Gasteiger charge is -2.02. The van der Waals surface area contributed by atoms with Gasteiger partial charge in [-0.05, 0) is 25.1 Å². The van der Waals surface area contributed by atoms with Crippen molar-refractivity contribution >= 4 is 21.4 Å². The van der Waals surface area contributed by atoms with Crippen molar-refractivity contribution in [2.45, 2.75) is 26.3 Å². The number of aryl methyl sites for hydroxylation is 1. The quantitative estimate of drug-likeness (QED) is 0.875. The first-order valence-corrected chi connectivity index (χ1v) is 6.53. The molecule has 0 unspecified atom stereocenters. The molecule has 1 aromatic heterocycles. The lowest BCUT2D eigenvalue weighted by Crippen LogP contribution is -2.05. The van der Waals surface area contributed by atoms with E-state index in [9.17, 15) is 8.78 Å². The normalized spacial score (nSPS) is 11.3. The van der Waals surface area contributed by atoms with Gasteiger partial charge in [0.2, 0.25) is 0 Å². The highest BCUT2D eigenvalue weighted by Crippen LogP contribution is 2.34. The first-order valence-electron chi connectivity index (χ1n) is 5.71. The minimum atomic E-state index is -0.499. The van der Waals surface area contributed by atoms with Crippen molar-refractivity contribution in [2.75, 3.05) is 7.05 Å². The van der Waals surface area contributed by atoms with Crippen LogP contribution < -0.4 is 5.32 Å². The summed E-state index contributed by atoms with van der Waals surface area (Å²) in [6.45, 7) is 2.78. The maximum Gasteiger partial charge on any atom is 0.143 e. The van der Waals surface area contributed by atoms with Crippen LogP contribution in [0, 0.1) is 11.6 Å². The fraction of sp³-hybridized carbons (Fsp3) is 0.385. The molecule has 92 valence electrons. The molecule has 0 aliphatic rings. The smallest absolute Gasteiger partial charge is 0.143 e. The largest absolute Gasteiger partial charge is 0.315 e. The molecule has 0 saturated carbocycles. The van der Waals surface area contributed by atoms with Crippen LogP contribution in [0.25, 0.3) is 10.1 Å². The Kier molecular flexibility index (Phi) is 3.74. The molecule has 1 N–H and O–H groups in total. The maximum absolute atomic E-state index is 13.7. The van der Waals surface area contributed by atoms with Crippen molar-refractivity contribution in [1.82, 2.24) is 5.32 Å². The van der Waals surface area contributed by atoms with Gasteiger partial charge in [-0.15, -0.1) is 11.3 Å². The summed E-state index contributed by atoms with van der Waals surface area (Å²) in [7, 11) is 1.86. The molecule has 2 rings (SSSR count). The van der Waals surface area contributed by atoms with Gasteiger partial charge in [0, 0.05) is 22.9 Å². The van der Waals surface area contributed by atoms with Crippen LogP contribution in [0.15, 0.2) is 12.1 Å². The minimum absolute atomic E-state index is 0.454. The molecular formula is C13H15F2NS. The zero-order chi connectivity index (χ0) is 12.4. The van der Waals surface area contributed by atoms with E-state index in [2.05, 4.69) is 12.2 Å².